The maximum absolute atomic E-state index is 12.7. The summed E-state index contributed by atoms with van der Waals surface area (Å²) in [5, 5.41) is 3.89. The number of nitrogens with zero attached hydrogens (tertiary/aromatic N) is 2. The van der Waals surface area contributed by atoms with E-state index in [1.54, 1.807) is 0 Å². The molecule has 0 saturated heterocycles. The molecule has 1 aliphatic carbocycles. The molecule has 6 heteroatoms. The number of nitrogens with one attached hydrogen (secondary N) is 1. The van der Waals surface area contributed by atoms with Gasteiger partial charge in [0, 0.05) is 11.4 Å². The summed E-state index contributed by atoms with van der Waals surface area (Å²) < 4.78 is 6.98. The predicted molar refractivity (Wildman–Crippen MR) is 100 cm³/mol. The van der Waals surface area contributed by atoms with Crippen molar-refractivity contribution >= 4 is 28.0 Å². The lowest BCUT2D eigenvalue weighted by molar-refractivity contribution is -0.122. The van der Waals surface area contributed by atoms with E-state index in [1.807, 2.05) is 24.3 Å². The zero-order chi connectivity index (χ0) is 17.9. The molecule has 0 bridgehead atoms. The Balaban J connectivity index is 1.53. The Bertz CT molecular complexity index is 981. The summed E-state index contributed by atoms with van der Waals surface area (Å²) >= 11 is 0. The monoisotopic (exact) mass is 353 g/mol. The molecule has 1 fully saturated rings. The minimum atomic E-state index is -0.320. The zero-order valence-electron chi connectivity index (χ0n) is 14.7. The van der Waals surface area contributed by atoms with Crippen LogP contribution in [0.3, 0.4) is 0 Å². The van der Waals surface area contributed by atoms with Crippen LogP contribution < -0.4 is 10.9 Å². The molecule has 2 heterocycles. The van der Waals surface area contributed by atoms with E-state index < -0.39 is 0 Å². The fourth-order valence-corrected chi connectivity index (χ4v) is 3.76. The first-order valence-corrected chi connectivity index (χ1v) is 9.38. The fraction of sp³-hybridized carbons (Fsp3) is 0.450. The molecule has 4 rings (SSSR count). The van der Waals surface area contributed by atoms with Gasteiger partial charge in [0.2, 0.25) is 11.5 Å². The number of hydrogen-bond donors (Lipinski definition) is 1. The number of furan rings is 1. The van der Waals surface area contributed by atoms with Crippen LogP contribution in [0.5, 0.6) is 0 Å². The molecular weight excluding hydrogens is 330 g/mol. The van der Waals surface area contributed by atoms with Gasteiger partial charge in [-0.3, -0.25) is 14.2 Å². The van der Waals surface area contributed by atoms with Crippen LogP contribution in [-0.4, -0.2) is 21.5 Å². The van der Waals surface area contributed by atoms with Crippen molar-refractivity contribution in [1.82, 2.24) is 14.9 Å². The van der Waals surface area contributed by atoms with E-state index in [9.17, 15) is 9.59 Å². The number of carbonyl (C=O) groups is 1. The van der Waals surface area contributed by atoms with Gasteiger partial charge in [0.15, 0.2) is 0 Å². The lowest BCUT2D eigenvalue weighted by Crippen LogP contribution is -2.39. The fourth-order valence-electron chi connectivity index (χ4n) is 3.76. The van der Waals surface area contributed by atoms with E-state index in [-0.39, 0.29) is 29.6 Å². The topological polar surface area (TPSA) is 77.1 Å². The molecule has 1 aromatic carbocycles. The molecular formula is C20H23N3O3. The molecule has 0 spiro atoms. The number of hydrogen-bond acceptors (Lipinski definition) is 4. The van der Waals surface area contributed by atoms with Crippen LogP contribution in [-0.2, 0) is 11.3 Å². The highest BCUT2D eigenvalue weighted by Gasteiger charge is 2.17. The highest BCUT2D eigenvalue weighted by Crippen LogP contribution is 2.24. The normalized spacial score (nSPS) is 16.5. The largest absolute Gasteiger partial charge is 0.448 e. The lowest BCUT2D eigenvalue weighted by Gasteiger charge is -2.21. The van der Waals surface area contributed by atoms with Crippen molar-refractivity contribution in [3.05, 3.63) is 40.9 Å². The van der Waals surface area contributed by atoms with E-state index in [0.29, 0.717) is 11.1 Å². The van der Waals surface area contributed by atoms with E-state index in [2.05, 4.69) is 10.3 Å². The summed E-state index contributed by atoms with van der Waals surface area (Å²) in [4.78, 5) is 29.4. The second-order valence-electron chi connectivity index (χ2n) is 7.06. The molecule has 0 unspecified atom stereocenters. The smallest absolute Gasteiger partial charge is 0.297 e. The molecule has 1 N–H and O–H groups in total. The van der Waals surface area contributed by atoms with Gasteiger partial charge in [-0.1, -0.05) is 44.2 Å². The Morgan fingerprint density at radius 3 is 2.69 bits per heavy atom. The quantitative estimate of drug-likeness (QED) is 0.783. The highest BCUT2D eigenvalue weighted by molar-refractivity contribution is 6.01. The standard InChI is InChI=1S/C20H23N3O3/c24-17(22-14-8-4-2-1-3-5-9-14)12-23-13-21-18-15-10-6-7-11-16(15)26-19(18)20(23)25/h6-7,10-11,13-14H,1-5,8-9,12H2,(H,22,24). The minimum Gasteiger partial charge on any atom is -0.448 e. The van der Waals surface area contributed by atoms with E-state index in [1.165, 1.54) is 30.2 Å². The minimum absolute atomic E-state index is 0.0324. The van der Waals surface area contributed by atoms with Crippen LogP contribution >= 0.6 is 0 Å². The van der Waals surface area contributed by atoms with Gasteiger partial charge in [0.05, 0.1) is 6.33 Å². The summed E-state index contributed by atoms with van der Waals surface area (Å²) in [7, 11) is 0. The van der Waals surface area contributed by atoms with Crippen molar-refractivity contribution in [3.63, 3.8) is 0 Å². The van der Waals surface area contributed by atoms with Crippen molar-refractivity contribution in [2.75, 3.05) is 0 Å². The SMILES string of the molecule is O=C(Cn1cnc2c(oc3ccccc32)c1=O)NC1CCCCCCC1. The van der Waals surface area contributed by atoms with Crippen LogP contribution in [0.15, 0.2) is 39.8 Å². The Labute approximate surface area is 151 Å². The summed E-state index contributed by atoms with van der Waals surface area (Å²) in [5.74, 6) is -0.144. The molecule has 3 aromatic rings. The van der Waals surface area contributed by atoms with E-state index in [4.69, 9.17) is 4.42 Å². The van der Waals surface area contributed by atoms with Gasteiger partial charge < -0.3 is 9.73 Å². The molecule has 1 aliphatic rings. The molecule has 0 aliphatic heterocycles. The van der Waals surface area contributed by atoms with Crippen LogP contribution in [0.2, 0.25) is 0 Å². The first-order chi connectivity index (χ1) is 12.7. The number of aromatic nitrogens is 2. The first kappa shape index (κ1) is 16.8. The van der Waals surface area contributed by atoms with Crippen molar-refractivity contribution in [2.45, 2.75) is 57.5 Å². The number of fused-ring (bicyclic) bond motifs is 3. The third-order valence-corrected chi connectivity index (χ3v) is 5.13. The van der Waals surface area contributed by atoms with Gasteiger partial charge in [0.1, 0.15) is 17.6 Å². The zero-order valence-corrected chi connectivity index (χ0v) is 14.7. The van der Waals surface area contributed by atoms with Gasteiger partial charge in [-0.25, -0.2) is 4.98 Å². The molecule has 136 valence electrons. The molecule has 1 saturated carbocycles. The van der Waals surface area contributed by atoms with Crippen LogP contribution in [0, 0.1) is 0 Å². The third kappa shape index (κ3) is 3.36. The van der Waals surface area contributed by atoms with Gasteiger partial charge in [-0.05, 0) is 25.0 Å². The third-order valence-electron chi connectivity index (χ3n) is 5.13. The first-order valence-electron chi connectivity index (χ1n) is 9.38. The maximum Gasteiger partial charge on any atom is 0.297 e. The number of rotatable bonds is 3. The summed E-state index contributed by atoms with van der Waals surface area (Å²) in [6.07, 6.45) is 9.53. The summed E-state index contributed by atoms with van der Waals surface area (Å²) in [6, 6.07) is 7.63. The van der Waals surface area contributed by atoms with Crippen LogP contribution in [0.25, 0.3) is 22.1 Å². The second-order valence-corrected chi connectivity index (χ2v) is 7.06. The van der Waals surface area contributed by atoms with Gasteiger partial charge in [0.25, 0.3) is 5.56 Å². The highest BCUT2D eigenvalue weighted by atomic mass is 16.3. The molecule has 0 radical (unpaired) electrons. The van der Waals surface area contributed by atoms with Crippen molar-refractivity contribution in [2.24, 2.45) is 0 Å². The Hall–Kier alpha value is -2.63. The molecule has 26 heavy (non-hydrogen) atoms. The van der Waals surface area contributed by atoms with Crippen molar-refractivity contribution in [1.29, 1.82) is 0 Å². The van der Waals surface area contributed by atoms with Crippen LogP contribution in [0.1, 0.15) is 44.9 Å². The van der Waals surface area contributed by atoms with E-state index in [0.717, 1.165) is 31.1 Å². The molecule has 2 aromatic heterocycles. The predicted octanol–water partition coefficient (Wildman–Crippen LogP) is 3.37. The number of carbonyl (C=O) groups excluding carboxylic acids is 1. The average Bonchev–Trinajstić information content (AvgIpc) is 2.99. The Morgan fingerprint density at radius 1 is 1.15 bits per heavy atom. The Kier molecular flexibility index (Phi) is 4.73. The number of amides is 1. The molecule has 0 atom stereocenters. The summed E-state index contributed by atoms with van der Waals surface area (Å²) in [6.45, 7) is -0.0324. The molecule has 6 nitrogen and oxygen atoms in total. The average molecular weight is 353 g/mol. The van der Waals surface area contributed by atoms with Gasteiger partial charge in [-0.2, -0.15) is 0 Å². The van der Waals surface area contributed by atoms with Crippen molar-refractivity contribution < 1.29 is 9.21 Å². The Morgan fingerprint density at radius 2 is 1.88 bits per heavy atom. The number of benzene rings is 1. The van der Waals surface area contributed by atoms with Crippen molar-refractivity contribution in [3.8, 4) is 0 Å². The van der Waals surface area contributed by atoms with E-state index >= 15 is 0 Å². The number of para-hydroxylation sites is 1. The van der Waals surface area contributed by atoms with Gasteiger partial charge in [-0.15, -0.1) is 0 Å². The summed E-state index contributed by atoms with van der Waals surface area (Å²) in [5.41, 5.74) is 1.05. The van der Waals surface area contributed by atoms with Gasteiger partial charge >= 0.3 is 0 Å². The van der Waals surface area contributed by atoms with Crippen LogP contribution in [0.4, 0.5) is 0 Å². The molecule has 1 amide bonds. The lowest BCUT2D eigenvalue weighted by atomic mass is 9.97. The second kappa shape index (κ2) is 7.32. The maximum atomic E-state index is 12.7.